The fourth-order valence-electron chi connectivity index (χ4n) is 3.54. The summed E-state index contributed by atoms with van der Waals surface area (Å²) in [6.07, 6.45) is 4.04. The standard InChI is InChI=1S/C19H25N5O4/c1-26-16-8-18-17(27-5-6-28-18)7-14(16)10-21-19(25)15-12-24(23-22-15)11-13-3-2-4-20-9-13/h7-8,12-13,20H,2-6,9-11H2,1H3,(H,21,25). The summed E-state index contributed by atoms with van der Waals surface area (Å²) in [5.41, 5.74) is 1.11. The van der Waals surface area contributed by atoms with Crippen molar-refractivity contribution in [2.24, 2.45) is 5.92 Å². The zero-order valence-electron chi connectivity index (χ0n) is 15.9. The van der Waals surface area contributed by atoms with E-state index in [9.17, 15) is 4.79 Å². The molecule has 1 atom stereocenters. The van der Waals surface area contributed by atoms with Crippen molar-refractivity contribution < 1.29 is 19.0 Å². The van der Waals surface area contributed by atoms with E-state index in [1.165, 1.54) is 6.42 Å². The highest BCUT2D eigenvalue weighted by molar-refractivity contribution is 5.91. The van der Waals surface area contributed by atoms with E-state index in [4.69, 9.17) is 14.2 Å². The van der Waals surface area contributed by atoms with Gasteiger partial charge < -0.3 is 24.8 Å². The number of fused-ring (bicyclic) bond motifs is 1. The molecule has 4 rings (SSSR count). The molecule has 28 heavy (non-hydrogen) atoms. The lowest BCUT2D eigenvalue weighted by Crippen LogP contribution is -2.32. The fraction of sp³-hybridized carbons (Fsp3) is 0.526. The van der Waals surface area contributed by atoms with Gasteiger partial charge in [-0.15, -0.1) is 5.10 Å². The van der Waals surface area contributed by atoms with Gasteiger partial charge in [0.25, 0.3) is 5.91 Å². The largest absolute Gasteiger partial charge is 0.496 e. The fourth-order valence-corrected chi connectivity index (χ4v) is 3.54. The van der Waals surface area contributed by atoms with Crippen LogP contribution in [0.2, 0.25) is 0 Å². The van der Waals surface area contributed by atoms with Gasteiger partial charge in [0, 0.05) is 24.7 Å². The number of rotatable bonds is 6. The first kappa shape index (κ1) is 18.5. The van der Waals surface area contributed by atoms with E-state index in [1.807, 2.05) is 6.07 Å². The van der Waals surface area contributed by atoms with Crippen molar-refractivity contribution in [2.75, 3.05) is 33.4 Å². The van der Waals surface area contributed by atoms with E-state index in [2.05, 4.69) is 20.9 Å². The number of amides is 1. The van der Waals surface area contributed by atoms with Crippen LogP contribution in [0.15, 0.2) is 18.3 Å². The Morgan fingerprint density at radius 2 is 2.18 bits per heavy atom. The SMILES string of the molecule is COc1cc2c(cc1CNC(=O)c1cn(CC3CCCNC3)nn1)OCCO2. The lowest BCUT2D eigenvalue weighted by molar-refractivity contribution is 0.0945. The predicted octanol–water partition coefficient (Wildman–Crippen LogP) is 0.987. The molecule has 0 aliphatic carbocycles. The number of hydrogen-bond donors (Lipinski definition) is 2. The van der Waals surface area contributed by atoms with Gasteiger partial charge in [-0.05, 0) is 37.9 Å². The molecule has 0 radical (unpaired) electrons. The molecule has 9 nitrogen and oxygen atoms in total. The maximum atomic E-state index is 12.5. The van der Waals surface area contributed by atoms with Crippen molar-refractivity contribution in [3.8, 4) is 17.2 Å². The van der Waals surface area contributed by atoms with E-state index in [1.54, 1.807) is 24.1 Å². The van der Waals surface area contributed by atoms with Gasteiger partial charge in [-0.2, -0.15) is 0 Å². The highest BCUT2D eigenvalue weighted by Crippen LogP contribution is 2.36. The molecule has 1 saturated heterocycles. The van der Waals surface area contributed by atoms with Gasteiger partial charge in [0.1, 0.15) is 19.0 Å². The van der Waals surface area contributed by atoms with E-state index in [0.29, 0.717) is 42.1 Å². The Labute approximate surface area is 163 Å². The third kappa shape index (κ3) is 4.19. The van der Waals surface area contributed by atoms with E-state index < -0.39 is 0 Å². The van der Waals surface area contributed by atoms with Gasteiger partial charge in [-0.25, -0.2) is 0 Å². The third-order valence-electron chi connectivity index (χ3n) is 5.00. The monoisotopic (exact) mass is 387 g/mol. The molecule has 1 aromatic carbocycles. The lowest BCUT2D eigenvalue weighted by Gasteiger charge is -2.22. The van der Waals surface area contributed by atoms with Crippen molar-refractivity contribution in [1.29, 1.82) is 0 Å². The average Bonchev–Trinajstić information content (AvgIpc) is 3.20. The molecule has 2 aromatic rings. The smallest absolute Gasteiger partial charge is 0.273 e. The van der Waals surface area contributed by atoms with Crippen LogP contribution in [0.5, 0.6) is 17.2 Å². The molecule has 2 aliphatic heterocycles. The van der Waals surface area contributed by atoms with Crippen molar-refractivity contribution in [3.05, 3.63) is 29.6 Å². The molecular formula is C19H25N5O4. The Morgan fingerprint density at radius 3 is 2.93 bits per heavy atom. The molecule has 3 heterocycles. The molecule has 0 saturated carbocycles. The number of hydrogen-bond acceptors (Lipinski definition) is 7. The van der Waals surface area contributed by atoms with Crippen molar-refractivity contribution in [3.63, 3.8) is 0 Å². The highest BCUT2D eigenvalue weighted by atomic mass is 16.6. The van der Waals surface area contributed by atoms with Crippen molar-refractivity contribution in [2.45, 2.75) is 25.9 Å². The summed E-state index contributed by atoms with van der Waals surface area (Å²) in [5, 5.41) is 14.4. The van der Waals surface area contributed by atoms with Crippen LogP contribution in [0.1, 0.15) is 28.9 Å². The second kappa shape index (κ2) is 8.47. The number of methoxy groups -OCH3 is 1. The third-order valence-corrected chi connectivity index (χ3v) is 5.00. The number of carbonyl (C=O) groups excluding carboxylic acids is 1. The number of benzene rings is 1. The normalized spacial score (nSPS) is 18.5. The summed E-state index contributed by atoms with van der Waals surface area (Å²) in [4.78, 5) is 12.5. The van der Waals surface area contributed by atoms with Crippen LogP contribution in [-0.4, -0.2) is 54.3 Å². The maximum Gasteiger partial charge on any atom is 0.273 e. The van der Waals surface area contributed by atoms with Crippen LogP contribution in [0.25, 0.3) is 0 Å². The number of piperidine rings is 1. The first-order valence-corrected chi connectivity index (χ1v) is 9.58. The van der Waals surface area contributed by atoms with Crippen LogP contribution >= 0.6 is 0 Å². The quantitative estimate of drug-likeness (QED) is 0.762. The summed E-state index contributed by atoms with van der Waals surface area (Å²) >= 11 is 0. The molecule has 0 spiro atoms. The zero-order valence-corrected chi connectivity index (χ0v) is 15.9. The number of nitrogens with one attached hydrogen (secondary N) is 2. The maximum absolute atomic E-state index is 12.5. The second-order valence-corrected chi connectivity index (χ2v) is 7.03. The Hall–Kier alpha value is -2.81. The van der Waals surface area contributed by atoms with Gasteiger partial charge in [0.2, 0.25) is 0 Å². The first-order valence-electron chi connectivity index (χ1n) is 9.58. The Morgan fingerprint density at radius 1 is 1.36 bits per heavy atom. The second-order valence-electron chi connectivity index (χ2n) is 7.03. The molecule has 9 heteroatoms. The van der Waals surface area contributed by atoms with E-state index >= 15 is 0 Å². The van der Waals surface area contributed by atoms with E-state index in [-0.39, 0.29) is 12.5 Å². The first-order chi connectivity index (χ1) is 13.7. The minimum atomic E-state index is -0.273. The summed E-state index contributed by atoms with van der Waals surface area (Å²) in [7, 11) is 1.59. The molecule has 1 amide bonds. The van der Waals surface area contributed by atoms with Gasteiger partial charge in [0.05, 0.1) is 13.3 Å². The van der Waals surface area contributed by atoms with Crippen LogP contribution < -0.4 is 24.8 Å². The predicted molar refractivity (Wildman–Crippen MR) is 101 cm³/mol. The summed E-state index contributed by atoms with van der Waals surface area (Å²) in [5.74, 6) is 2.19. The number of carbonyl (C=O) groups is 1. The van der Waals surface area contributed by atoms with Gasteiger partial charge >= 0.3 is 0 Å². The molecule has 0 bridgehead atoms. The minimum absolute atomic E-state index is 0.273. The minimum Gasteiger partial charge on any atom is -0.496 e. The lowest BCUT2D eigenvalue weighted by atomic mass is 10.00. The van der Waals surface area contributed by atoms with Crippen LogP contribution in [0.3, 0.4) is 0 Å². The van der Waals surface area contributed by atoms with Gasteiger partial charge in [0.15, 0.2) is 17.2 Å². The number of nitrogens with zero attached hydrogens (tertiary/aromatic N) is 3. The Balaban J connectivity index is 1.38. The molecular weight excluding hydrogens is 362 g/mol. The van der Waals surface area contributed by atoms with Crippen molar-refractivity contribution >= 4 is 5.91 Å². The highest BCUT2D eigenvalue weighted by Gasteiger charge is 2.19. The molecule has 150 valence electrons. The number of aromatic nitrogens is 3. The molecule has 1 aromatic heterocycles. The molecule has 1 fully saturated rings. The van der Waals surface area contributed by atoms with Gasteiger partial charge in [-0.1, -0.05) is 5.21 Å². The Bertz CT molecular complexity index is 832. The van der Waals surface area contributed by atoms with E-state index in [0.717, 1.165) is 31.6 Å². The zero-order chi connectivity index (χ0) is 19.3. The molecule has 1 unspecified atom stereocenters. The summed E-state index contributed by atoms with van der Waals surface area (Å²) in [6.45, 7) is 4.13. The topological polar surface area (TPSA) is 99.5 Å². The summed E-state index contributed by atoms with van der Waals surface area (Å²) in [6, 6.07) is 3.62. The number of ether oxygens (including phenoxy) is 3. The van der Waals surface area contributed by atoms with Crippen molar-refractivity contribution in [1.82, 2.24) is 25.6 Å². The Kier molecular flexibility index (Phi) is 5.61. The van der Waals surface area contributed by atoms with Gasteiger partial charge in [-0.3, -0.25) is 9.48 Å². The molecule has 2 aliphatic rings. The summed E-state index contributed by atoms with van der Waals surface area (Å²) < 4.78 is 18.3. The van der Waals surface area contributed by atoms with Crippen LogP contribution in [-0.2, 0) is 13.1 Å². The molecule has 2 N–H and O–H groups in total. The van der Waals surface area contributed by atoms with Crippen LogP contribution in [0, 0.1) is 5.92 Å². The van der Waals surface area contributed by atoms with Crippen LogP contribution in [0.4, 0.5) is 0 Å². The average molecular weight is 387 g/mol.